The van der Waals surface area contributed by atoms with Crippen molar-refractivity contribution in [1.29, 1.82) is 0 Å². The standard InChI is InChI=1S/C22H27N3O4S/c26-22(21(24-11-4-5-12-24)18-7-2-1-3-8-18)23-19-9-6-10-20(17-19)30(27,28)25-13-15-29-16-14-25/h1-3,6-10,17,21H,4-5,11-16H2,(H,23,26)/t21-/m1/s1. The highest BCUT2D eigenvalue weighted by atomic mass is 32.2. The van der Waals surface area contributed by atoms with Crippen molar-refractivity contribution in [3.63, 3.8) is 0 Å². The van der Waals surface area contributed by atoms with Crippen LogP contribution in [0.1, 0.15) is 24.4 Å². The molecule has 160 valence electrons. The fourth-order valence-corrected chi connectivity index (χ4v) is 5.50. The number of ether oxygens (including phenoxy) is 1. The lowest BCUT2D eigenvalue weighted by atomic mass is 10.0. The fourth-order valence-electron chi connectivity index (χ4n) is 4.04. The number of hydrogen-bond donors (Lipinski definition) is 1. The Kier molecular flexibility index (Phi) is 6.48. The first-order valence-electron chi connectivity index (χ1n) is 10.3. The van der Waals surface area contributed by atoms with Gasteiger partial charge in [-0.1, -0.05) is 36.4 Å². The molecule has 2 fully saturated rings. The van der Waals surface area contributed by atoms with Gasteiger partial charge in [-0.15, -0.1) is 0 Å². The summed E-state index contributed by atoms with van der Waals surface area (Å²) < 4.78 is 32.6. The van der Waals surface area contributed by atoms with Crippen LogP contribution in [0.15, 0.2) is 59.5 Å². The van der Waals surface area contributed by atoms with Crippen LogP contribution in [0.2, 0.25) is 0 Å². The molecule has 0 spiro atoms. The summed E-state index contributed by atoms with van der Waals surface area (Å²) in [5.74, 6) is -0.149. The Hall–Kier alpha value is -2.26. The minimum absolute atomic E-state index is 0.149. The van der Waals surface area contributed by atoms with E-state index < -0.39 is 16.1 Å². The Morgan fingerprint density at radius 3 is 2.33 bits per heavy atom. The van der Waals surface area contributed by atoms with Gasteiger partial charge in [0.05, 0.1) is 18.1 Å². The fraction of sp³-hybridized carbons (Fsp3) is 0.409. The Balaban J connectivity index is 1.55. The topological polar surface area (TPSA) is 79.0 Å². The lowest BCUT2D eigenvalue weighted by Crippen LogP contribution is -2.40. The largest absolute Gasteiger partial charge is 0.379 e. The Labute approximate surface area is 177 Å². The molecule has 2 saturated heterocycles. The average Bonchev–Trinajstić information content (AvgIpc) is 3.30. The summed E-state index contributed by atoms with van der Waals surface area (Å²) in [4.78, 5) is 15.6. The van der Waals surface area contributed by atoms with Gasteiger partial charge in [-0.25, -0.2) is 8.42 Å². The van der Waals surface area contributed by atoms with Gasteiger partial charge in [-0.3, -0.25) is 9.69 Å². The smallest absolute Gasteiger partial charge is 0.246 e. The minimum Gasteiger partial charge on any atom is -0.379 e. The summed E-state index contributed by atoms with van der Waals surface area (Å²) >= 11 is 0. The van der Waals surface area contributed by atoms with Crippen molar-refractivity contribution < 1.29 is 17.9 Å². The van der Waals surface area contributed by atoms with Crippen LogP contribution in [0.25, 0.3) is 0 Å². The van der Waals surface area contributed by atoms with Crippen LogP contribution >= 0.6 is 0 Å². The molecule has 2 aromatic rings. The summed E-state index contributed by atoms with van der Waals surface area (Å²) in [7, 11) is -3.62. The zero-order valence-corrected chi connectivity index (χ0v) is 17.7. The average molecular weight is 430 g/mol. The van der Waals surface area contributed by atoms with Crippen molar-refractivity contribution in [2.45, 2.75) is 23.8 Å². The molecule has 0 saturated carbocycles. The lowest BCUT2D eigenvalue weighted by molar-refractivity contribution is -0.121. The number of carbonyl (C=O) groups is 1. The number of hydrogen-bond acceptors (Lipinski definition) is 5. The van der Waals surface area contributed by atoms with E-state index in [0.717, 1.165) is 31.5 Å². The maximum absolute atomic E-state index is 13.2. The molecule has 1 amide bonds. The van der Waals surface area contributed by atoms with Crippen molar-refractivity contribution in [3.8, 4) is 0 Å². The van der Waals surface area contributed by atoms with Gasteiger partial charge in [-0.2, -0.15) is 4.31 Å². The van der Waals surface area contributed by atoms with E-state index in [4.69, 9.17) is 4.74 Å². The van der Waals surface area contributed by atoms with E-state index in [1.54, 1.807) is 18.2 Å². The van der Waals surface area contributed by atoms with E-state index in [1.807, 2.05) is 30.3 Å². The Morgan fingerprint density at radius 2 is 1.63 bits per heavy atom. The van der Waals surface area contributed by atoms with Crippen LogP contribution in [0.4, 0.5) is 5.69 Å². The summed E-state index contributed by atoms with van der Waals surface area (Å²) in [5.41, 5.74) is 1.42. The van der Waals surface area contributed by atoms with Crippen LogP contribution in [0, 0.1) is 0 Å². The number of amides is 1. The number of nitrogens with one attached hydrogen (secondary N) is 1. The lowest BCUT2D eigenvalue weighted by Gasteiger charge is -2.27. The third kappa shape index (κ3) is 4.57. The van der Waals surface area contributed by atoms with Gasteiger partial charge in [0.2, 0.25) is 15.9 Å². The highest BCUT2D eigenvalue weighted by Crippen LogP contribution is 2.27. The normalized spacial score (nSPS) is 19.5. The van der Waals surface area contributed by atoms with Crippen LogP contribution in [0.5, 0.6) is 0 Å². The van der Waals surface area contributed by atoms with Crippen molar-refractivity contribution in [1.82, 2.24) is 9.21 Å². The second-order valence-corrected chi connectivity index (χ2v) is 9.53. The van der Waals surface area contributed by atoms with E-state index in [-0.39, 0.29) is 10.8 Å². The zero-order chi connectivity index (χ0) is 21.0. The molecule has 2 aliphatic rings. The molecule has 7 nitrogen and oxygen atoms in total. The van der Waals surface area contributed by atoms with Gasteiger partial charge in [-0.05, 0) is 49.7 Å². The number of nitrogens with zero attached hydrogens (tertiary/aromatic N) is 2. The van der Waals surface area contributed by atoms with Gasteiger partial charge in [0.15, 0.2) is 0 Å². The van der Waals surface area contributed by atoms with Crippen LogP contribution in [-0.4, -0.2) is 62.9 Å². The summed E-state index contributed by atoms with van der Waals surface area (Å²) in [6.07, 6.45) is 2.15. The molecule has 0 bridgehead atoms. The quantitative estimate of drug-likeness (QED) is 0.763. The number of anilines is 1. The number of carbonyl (C=O) groups excluding carboxylic acids is 1. The molecule has 4 rings (SSSR count). The molecule has 0 radical (unpaired) electrons. The molecule has 2 aromatic carbocycles. The number of sulfonamides is 1. The first kappa shape index (κ1) is 21.0. The third-order valence-corrected chi connectivity index (χ3v) is 7.47. The molecular formula is C22H27N3O4S. The van der Waals surface area contributed by atoms with Gasteiger partial charge in [0, 0.05) is 18.8 Å². The highest BCUT2D eigenvalue weighted by Gasteiger charge is 2.30. The SMILES string of the molecule is O=C(Nc1cccc(S(=O)(=O)N2CCOCC2)c1)[C@@H](c1ccccc1)N1CCCC1. The highest BCUT2D eigenvalue weighted by molar-refractivity contribution is 7.89. The maximum atomic E-state index is 13.2. The number of rotatable bonds is 6. The molecule has 0 aromatic heterocycles. The van der Waals surface area contributed by atoms with Crippen LogP contribution in [-0.2, 0) is 19.6 Å². The molecular weight excluding hydrogens is 402 g/mol. The number of likely N-dealkylation sites (tertiary alicyclic amines) is 1. The van der Waals surface area contributed by atoms with Crippen molar-refractivity contribution in [2.24, 2.45) is 0 Å². The van der Waals surface area contributed by atoms with E-state index in [1.165, 1.54) is 10.4 Å². The summed E-state index contributed by atoms with van der Waals surface area (Å²) in [5, 5.41) is 2.94. The zero-order valence-electron chi connectivity index (χ0n) is 16.9. The predicted molar refractivity (Wildman–Crippen MR) is 115 cm³/mol. The van der Waals surface area contributed by atoms with Gasteiger partial charge >= 0.3 is 0 Å². The van der Waals surface area contributed by atoms with Gasteiger partial charge < -0.3 is 10.1 Å². The first-order chi connectivity index (χ1) is 14.6. The van der Waals surface area contributed by atoms with Crippen LogP contribution in [0.3, 0.4) is 0 Å². The molecule has 0 aliphatic carbocycles. The molecule has 2 heterocycles. The van der Waals surface area contributed by atoms with E-state index in [2.05, 4.69) is 10.2 Å². The van der Waals surface area contributed by atoms with Crippen molar-refractivity contribution >= 4 is 21.6 Å². The Bertz CT molecular complexity index is 969. The van der Waals surface area contributed by atoms with E-state index in [9.17, 15) is 13.2 Å². The second-order valence-electron chi connectivity index (χ2n) is 7.59. The first-order valence-corrected chi connectivity index (χ1v) is 11.8. The molecule has 1 atom stereocenters. The second kappa shape index (κ2) is 9.26. The Morgan fingerprint density at radius 1 is 0.933 bits per heavy atom. The number of benzene rings is 2. The summed E-state index contributed by atoms with van der Waals surface area (Å²) in [6.45, 7) is 3.21. The number of morpholine rings is 1. The van der Waals surface area contributed by atoms with E-state index >= 15 is 0 Å². The molecule has 30 heavy (non-hydrogen) atoms. The monoisotopic (exact) mass is 429 g/mol. The third-order valence-electron chi connectivity index (χ3n) is 5.58. The summed E-state index contributed by atoms with van der Waals surface area (Å²) in [6, 6.07) is 15.8. The van der Waals surface area contributed by atoms with Crippen LogP contribution < -0.4 is 5.32 Å². The van der Waals surface area contributed by atoms with E-state index in [0.29, 0.717) is 32.0 Å². The van der Waals surface area contributed by atoms with Crippen molar-refractivity contribution in [2.75, 3.05) is 44.7 Å². The minimum atomic E-state index is -3.62. The molecule has 1 N–H and O–H groups in total. The predicted octanol–water partition coefficient (Wildman–Crippen LogP) is 2.48. The van der Waals surface area contributed by atoms with Gasteiger partial charge in [0.1, 0.15) is 6.04 Å². The molecule has 2 aliphatic heterocycles. The van der Waals surface area contributed by atoms with Crippen molar-refractivity contribution in [3.05, 3.63) is 60.2 Å². The molecule has 0 unspecified atom stereocenters. The molecule has 8 heteroatoms. The maximum Gasteiger partial charge on any atom is 0.246 e. The van der Waals surface area contributed by atoms with Gasteiger partial charge in [0.25, 0.3) is 0 Å².